The van der Waals surface area contributed by atoms with Gasteiger partial charge in [0.15, 0.2) is 0 Å². The number of nitrogens with zero attached hydrogens (tertiary/aromatic N) is 1. The van der Waals surface area contributed by atoms with Crippen molar-refractivity contribution in [3.05, 3.63) is 29.8 Å². The molecule has 1 aliphatic heterocycles. The van der Waals surface area contributed by atoms with Gasteiger partial charge in [0.2, 0.25) is 5.91 Å². The van der Waals surface area contributed by atoms with E-state index in [9.17, 15) is 4.79 Å². The summed E-state index contributed by atoms with van der Waals surface area (Å²) in [6, 6.07) is 8.13. The van der Waals surface area contributed by atoms with Crippen molar-refractivity contribution in [1.82, 2.24) is 4.90 Å². The zero-order valence-electron chi connectivity index (χ0n) is 13.4. The van der Waals surface area contributed by atoms with Crippen molar-refractivity contribution in [3.8, 4) is 5.75 Å². The maximum atomic E-state index is 12.4. The van der Waals surface area contributed by atoms with Crippen LogP contribution in [0.4, 0.5) is 0 Å². The highest BCUT2D eigenvalue weighted by atomic mass is 16.5. The maximum Gasteiger partial charge on any atom is 0.249 e. The van der Waals surface area contributed by atoms with Crippen LogP contribution in [0.2, 0.25) is 0 Å². The van der Waals surface area contributed by atoms with Crippen molar-refractivity contribution in [1.29, 1.82) is 0 Å². The lowest BCUT2D eigenvalue weighted by atomic mass is 10.0. The average Bonchev–Trinajstić information content (AvgIpc) is 2.93. The summed E-state index contributed by atoms with van der Waals surface area (Å²) in [6.45, 7) is 6.85. The fourth-order valence-corrected chi connectivity index (χ4v) is 2.60. The first-order valence-electron chi connectivity index (χ1n) is 7.48. The van der Waals surface area contributed by atoms with E-state index in [1.165, 1.54) is 0 Å². The van der Waals surface area contributed by atoms with Gasteiger partial charge in [-0.05, 0) is 51.3 Å². The Kier molecular flexibility index (Phi) is 4.88. The van der Waals surface area contributed by atoms with E-state index < -0.39 is 0 Å². The van der Waals surface area contributed by atoms with Gasteiger partial charge in [-0.2, -0.15) is 0 Å². The third kappa shape index (κ3) is 4.21. The van der Waals surface area contributed by atoms with Gasteiger partial charge in [0, 0.05) is 6.54 Å². The molecule has 1 saturated heterocycles. The van der Waals surface area contributed by atoms with E-state index in [4.69, 9.17) is 9.47 Å². The molecular formula is C17H25NO3. The van der Waals surface area contributed by atoms with Crippen molar-refractivity contribution < 1.29 is 14.3 Å². The lowest BCUT2D eigenvalue weighted by molar-refractivity contribution is -0.142. The van der Waals surface area contributed by atoms with Crippen molar-refractivity contribution >= 4 is 5.91 Å². The summed E-state index contributed by atoms with van der Waals surface area (Å²) in [6.07, 6.45) is 2.05. The number of ether oxygens (including phenoxy) is 2. The first kappa shape index (κ1) is 15.8. The Morgan fingerprint density at radius 3 is 2.52 bits per heavy atom. The fourth-order valence-electron chi connectivity index (χ4n) is 2.60. The molecule has 4 heteroatoms. The maximum absolute atomic E-state index is 12.4. The van der Waals surface area contributed by atoms with E-state index in [1.807, 2.05) is 49.9 Å². The number of carbonyl (C=O) groups excluding carboxylic acids is 1. The molecule has 2 rings (SSSR count). The van der Waals surface area contributed by atoms with Gasteiger partial charge >= 0.3 is 0 Å². The van der Waals surface area contributed by atoms with Crippen LogP contribution in [0, 0.1) is 0 Å². The molecule has 0 N–H and O–H groups in total. The van der Waals surface area contributed by atoms with E-state index in [0.29, 0.717) is 0 Å². The zero-order chi connectivity index (χ0) is 15.5. The predicted octanol–water partition coefficient (Wildman–Crippen LogP) is 3.17. The van der Waals surface area contributed by atoms with Crippen molar-refractivity contribution in [2.24, 2.45) is 0 Å². The minimum Gasteiger partial charge on any atom is -0.497 e. The molecule has 1 heterocycles. The summed E-state index contributed by atoms with van der Waals surface area (Å²) < 4.78 is 10.8. The van der Waals surface area contributed by atoms with Gasteiger partial charge in [-0.25, -0.2) is 0 Å². The molecule has 1 aromatic rings. The molecule has 1 amide bonds. The van der Waals surface area contributed by atoms with Crippen LogP contribution in [-0.2, 0) is 9.53 Å². The third-order valence-electron chi connectivity index (χ3n) is 3.70. The first-order valence-corrected chi connectivity index (χ1v) is 7.48. The Bertz CT molecular complexity index is 476. The van der Waals surface area contributed by atoms with Crippen LogP contribution in [0.15, 0.2) is 24.3 Å². The highest BCUT2D eigenvalue weighted by molar-refractivity contribution is 5.78. The van der Waals surface area contributed by atoms with Gasteiger partial charge in [-0.3, -0.25) is 4.79 Å². The second kappa shape index (κ2) is 6.48. The number of carbonyl (C=O) groups is 1. The molecule has 21 heavy (non-hydrogen) atoms. The number of methoxy groups -OCH3 is 1. The highest BCUT2D eigenvalue weighted by Gasteiger charge is 2.30. The molecule has 0 bridgehead atoms. The van der Waals surface area contributed by atoms with Crippen LogP contribution in [0.3, 0.4) is 0 Å². The summed E-state index contributed by atoms with van der Waals surface area (Å²) in [7, 11) is 1.66. The molecule has 1 aromatic carbocycles. The number of hydrogen-bond acceptors (Lipinski definition) is 3. The Hall–Kier alpha value is -1.55. The monoisotopic (exact) mass is 291 g/mol. The largest absolute Gasteiger partial charge is 0.497 e. The molecule has 0 saturated carbocycles. The standard InChI is InChI=1S/C17H25NO3/c1-17(2,3)21-12-16(19)18-11-5-6-15(18)13-7-9-14(20-4)10-8-13/h7-10,15H,5-6,11-12H2,1-4H3. The number of likely N-dealkylation sites (tertiary alicyclic amines) is 1. The molecule has 0 aromatic heterocycles. The smallest absolute Gasteiger partial charge is 0.249 e. The molecule has 1 atom stereocenters. The van der Waals surface area contributed by atoms with Gasteiger partial charge in [-0.15, -0.1) is 0 Å². The lowest BCUT2D eigenvalue weighted by Crippen LogP contribution is -2.36. The van der Waals surface area contributed by atoms with Gasteiger partial charge in [-0.1, -0.05) is 12.1 Å². The average molecular weight is 291 g/mol. The van der Waals surface area contributed by atoms with Crippen LogP contribution in [-0.4, -0.2) is 36.7 Å². The third-order valence-corrected chi connectivity index (χ3v) is 3.70. The van der Waals surface area contributed by atoms with E-state index >= 15 is 0 Å². The number of hydrogen-bond donors (Lipinski definition) is 0. The van der Waals surface area contributed by atoms with Crippen molar-refractivity contribution in [2.45, 2.75) is 45.3 Å². The molecule has 1 aliphatic rings. The van der Waals surface area contributed by atoms with Crippen LogP contribution < -0.4 is 4.74 Å². The molecule has 1 fully saturated rings. The van der Waals surface area contributed by atoms with Crippen LogP contribution >= 0.6 is 0 Å². The second-order valence-corrected chi connectivity index (χ2v) is 6.42. The van der Waals surface area contributed by atoms with Crippen molar-refractivity contribution in [2.75, 3.05) is 20.3 Å². The van der Waals surface area contributed by atoms with E-state index in [1.54, 1.807) is 7.11 Å². The summed E-state index contributed by atoms with van der Waals surface area (Å²) >= 11 is 0. The van der Waals surface area contributed by atoms with Crippen LogP contribution in [0.5, 0.6) is 5.75 Å². The number of rotatable bonds is 4. The SMILES string of the molecule is COc1ccc(C2CCCN2C(=O)COC(C)(C)C)cc1. The van der Waals surface area contributed by atoms with Crippen LogP contribution in [0.25, 0.3) is 0 Å². The van der Waals surface area contributed by atoms with Crippen molar-refractivity contribution in [3.63, 3.8) is 0 Å². The molecule has 1 unspecified atom stereocenters. The summed E-state index contributed by atoms with van der Waals surface area (Å²) in [5, 5.41) is 0. The summed E-state index contributed by atoms with van der Waals surface area (Å²) in [4.78, 5) is 14.3. The predicted molar refractivity (Wildman–Crippen MR) is 82.4 cm³/mol. The summed E-state index contributed by atoms with van der Waals surface area (Å²) in [5.41, 5.74) is 0.878. The minimum absolute atomic E-state index is 0.0724. The molecule has 0 radical (unpaired) electrons. The van der Waals surface area contributed by atoms with Gasteiger partial charge in [0.25, 0.3) is 0 Å². The van der Waals surface area contributed by atoms with E-state index in [2.05, 4.69) is 0 Å². The summed E-state index contributed by atoms with van der Waals surface area (Å²) in [5.74, 6) is 0.911. The fraction of sp³-hybridized carbons (Fsp3) is 0.588. The quantitative estimate of drug-likeness (QED) is 0.855. The normalized spacial score (nSPS) is 18.9. The first-order chi connectivity index (χ1) is 9.90. The molecular weight excluding hydrogens is 266 g/mol. The Morgan fingerprint density at radius 2 is 1.95 bits per heavy atom. The lowest BCUT2D eigenvalue weighted by Gasteiger charge is -2.27. The topological polar surface area (TPSA) is 38.8 Å². The van der Waals surface area contributed by atoms with E-state index in [-0.39, 0.29) is 24.2 Å². The highest BCUT2D eigenvalue weighted by Crippen LogP contribution is 2.32. The van der Waals surface area contributed by atoms with Crippen LogP contribution in [0.1, 0.15) is 45.2 Å². The molecule has 0 aliphatic carbocycles. The Balaban J connectivity index is 2.03. The molecule has 0 spiro atoms. The second-order valence-electron chi connectivity index (χ2n) is 6.42. The van der Waals surface area contributed by atoms with E-state index in [0.717, 1.165) is 30.7 Å². The minimum atomic E-state index is -0.287. The van der Waals surface area contributed by atoms with Gasteiger partial charge < -0.3 is 14.4 Å². The number of benzene rings is 1. The Labute approximate surface area is 127 Å². The van der Waals surface area contributed by atoms with Gasteiger partial charge in [0.05, 0.1) is 18.8 Å². The van der Waals surface area contributed by atoms with Gasteiger partial charge in [0.1, 0.15) is 12.4 Å². The number of amides is 1. The Morgan fingerprint density at radius 1 is 1.29 bits per heavy atom. The molecule has 4 nitrogen and oxygen atoms in total. The molecule has 116 valence electrons. The zero-order valence-corrected chi connectivity index (χ0v) is 13.4.